The second kappa shape index (κ2) is 8.95. The Morgan fingerprint density at radius 3 is 2.45 bits per heavy atom. The number of carbonyl (C=O) groups is 2. The average Bonchev–Trinajstić information content (AvgIpc) is 3.05. The van der Waals surface area contributed by atoms with E-state index in [0.717, 1.165) is 44.4 Å². The molecule has 0 bridgehead atoms. The number of esters is 1. The highest BCUT2D eigenvalue weighted by atomic mass is 16.5. The number of ketones is 1. The number of fused-ring (bicyclic) bond motifs is 5. The van der Waals surface area contributed by atoms with E-state index in [4.69, 9.17) is 4.74 Å². The number of aliphatic hydroxyl groups is 1. The van der Waals surface area contributed by atoms with Gasteiger partial charge in [-0.05, 0) is 106 Å². The van der Waals surface area contributed by atoms with Gasteiger partial charge in [-0.1, -0.05) is 33.6 Å². The zero-order chi connectivity index (χ0) is 24.2. The van der Waals surface area contributed by atoms with E-state index in [1.54, 1.807) is 0 Å². The summed E-state index contributed by atoms with van der Waals surface area (Å²) in [5.74, 6) is 3.57. The normalized spacial score (nSPS) is 43.9. The molecule has 9 atom stereocenters. The molecule has 1 N–H and O–H groups in total. The topological polar surface area (TPSA) is 63.6 Å². The first-order valence-electron chi connectivity index (χ1n) is 13.8. The van der Waals surface area contributed by atoms with E-state index in [1.807, 2.05) is 13.8 Å². The molecule has 0 saturated heterocycles. The molecule has 188 valence electrons. The lowest BCUT2D eigenvalue weighted by Crippen LogP contribution is -2.57. The molecule has 4 heteroatoms. The van der Waals surface area contributed by atoms with Crippen molar-refractivity contribution >= 4 is 11.8 Å². The van der Waals surface area contributed by atoms with Crippen LogP contribution >= 0.6 is 0 Å². The van der Waals surface area contributed by atoms with E-state index >= 15 is 0 Å². The molecule has 0 amide bonds. The molecule has 0 aromatic rings. The summed E-state index contributed by atoms with van der Waals surface area (Å²) in [5, 5.41) is 10.1. The lowest BCUT2D eigenvalue weighted by atomic mass is 9.44. The average molecular weight is 461 g/mol. The van der Waals surface area contributed by atoms with Gasteiger partial charge in [-0.3, -0.25) is 9.59 Å². The van der Waals surface area contributed by atoms with Crippen molar-refractivity contribution in [1.82, 2.24) is 0 Å². The quantitative estimate of drug-likeness (QED) is 0.470. The van der Waals surface area contributed by atoms with Gasteiger partial charge in [-0.15, -0.1) is 0 Å². The fourth-order valence-corrected chi connectivity index (χ4v) is 9.38. The minimum atomic E-state index is -0.567. The Morgan fingerprint density at radius 1 is 1.12 bits per heavy atom. The lowest BCUT2D eigenvalue weighted by Gasteiger charge is -2.60. The Bertz CT molecular complexity index is 753. The van der Waals surface area contributed by atoms with E-state index in [2.05, 4.69) is 20.8 Å². The molecule has 0 aliphatic heterocycles. The second-order valence-electron chi connectivity index (χ2n) is 13.5. The van der Waals surface area contributed by atoms with Crippen molar-refractivity contribution in [2.75, 3.05) is 0 Å². The molecule has 0 aromatic heterocycles. The molecule has 33 heavy (non-hydrogen) atoms. The van der Waals surface area contributed by atoms with Gasteiger partial charge in [-0.25, -0.2) is 0 Å². The molecule has 0 spiro atoms. The van der Waals surface area contributed by atoms with Gasteiger partial charge in [0.05, 0.1) is 5.60 Å². The number of hydrogen-bond acceptors (Lipinski definition) is 4. The Balaban J connectivity index is 1.47. The maximum atomic E-state index is 13.5. The summed E-state index contributed by atoms with van der Waals surface area (Å²) in [6.45, 7) is 12.7. The van der Waals surface area contributed by atoms with Crippen LogP contribution < -0.4 is 0 Å². The van der Waals surface area contributed by atoms with Gasteiger partial charge in [0.25, 0.3) is 0 Å². The van der Waals surface area contributed by atoms with Crippen LogP contribution in [0.1, 0.15) is 112 Å². The van der Waals surface area contributed by atoms with E-state index in [1.165, 1.54) is 39.0 Å². The fourth-order valence-electron chi connectivity index (χ4n) is 9.38. The van der Waals surface area contributed by atoms with Crippen molar-refractivity contribution in [3.8, 4) is 0 Å². The molecule has 4 rings (SSSR count). The van der Waals surface area contributed by atoms with Crippen LogP contribution in [-0.4, -0.2) is 28.6 Å². The molecular weight excluding hydrogens is 412 g/mol. The maximum absolute atomic E-state index is 13.5. The number of ether oxygens (including phenoxy) is 1. The van der Waals surface area contributed by atoms with Gasteiger partial charge in [-0.2, -0.15) is 0 Å². The van der Waals surface area contributed by atoms with Crippen molar-refractivity contribution in [1.29, 1.82) is 0 Å². The first-order valence-corrected chi connectivity index (χ1v) is 13.8. The van der Waals surface area contributed by atoms with E-state index in [-0.39, 0.29) is 23.4 Å². The fraction of sp³-hybridized carbons (Fsp3) is 0.931. The van der Waals surface area contributed by atoms with Crippen LogP contribution in [0.15, 0.2) is 0 Å². The van der Waals surface area contributed by atoms with E-state index < -0.39 is 5.60 Å². The van der Waals surface area contributed by atoms with Crippen molar-refractivity contribution in [2.24, 2.45) is 46.3 Å². The predicted molar refractivity (Wildman–Crippen MR) is 130 cm³/mol. The van der Waals surface area contributed by atoms with Gasteiger partial charge >= 0.3 is 5.97 Å². The standard InChI is InChI=1S/C29H48O4/c1-18(8-7-13-27(3,4)32)22-9-10-23-21-17-26(31)25-16-20(33-19(2)30)11-14-29(25,6)24(21)12-15-28(22,23)5/h18,20-25,32H,7-17H2,1-6H3/t18-,20+,21+,22-,23+,24+,25-,28-,29-/m1/s1. The zero-order valence-corrected chi connectivity index (χ0v) is 22.0. The zero-order valence-electron chi connectivity index (χ0n) is 22.0. The Morgan fingerprint density at radius 2 is 1.79 bits per heavy atom. The van der Waals surface area contributed by atoms with Crippen molar-refractivity contribution in [2.45, 2.75) is 124 Å². The number of Topliss-reactive ketones (excluding diaryl/α,β-unsaturated/α-hetero) is 1. The number of rotatable bonds is 6. The maximum Gasteiger partial charge on any atom is 0.302 e. The molecular formula is C29H48O4. The Hall–Kier alpha value is -0.900. The van der Waals surface area contributed by atoms with Crippen molar-refractivity contribution in [3.63, 3.8) is 0 Å². The lowest BCUT2D eigenvalue weighted by molar-refractivity contribution is -0.169. The highest BCUT2D eigenvalue weighted by molar-refractivity contribution is 5.83. The molecule has 4 saturated carbocycles. The summed E-state index contributed by atoms with van der Waals surface area (Å²) in [6.07, 6.45) is 11.6. The molecule has 0 unspecified atom stereocenters. The first-order chi connectivity index (χ1) is 15.3. The van der Waals surface area contributed by atoms with Gasteiger partial charge in [0, 0.05) is 19.3 Å². The van der Waals surface area contributed by atoms with Crippen molar-refractivity contribution < 1.29 is 19.4 Å². The van der Waals surface area contributed by atoms with Crippen LogP contribution in [0.3, 0.4) is 0 Å². The van der Waals surface area contributed by atoms with Crippen molar-refractivity contribution in [3.05, 3.63) is 0 Å². The summed E-state index contributed by atoms with van der Waals surface area (Å²) in [5.41, 5.74) is -0.134. The predicted octanol–water partition coefficient (Wildman–Crippen LogP) is 6.33. The third kappa shape index (κ3) is 4.67. The summed E-state index contributed by atoms with van der Waals surface area (Å²) < 4.78 is 5.54. The highest BCUT2D eigenvalue weighted by Gasteiger charge is 2.62. The first kappa shape index (κ1) is 25.2. The van der Waals surface area contributed by atoms with Crippen LogP contribution in [0.25, 0.3) is 0 Å². The summed E-state index contributed by atoms with van der Waals surface area (Å²) in [6, 6.07) is 0. The summed E-state index contributed by atoms with van der Waals surface area (Å²) >= 11 is 0. The second-order valence-corrected chi connectivity index (χ2v) is 13.5. The van der Waals surface area contributed by atoms with E-state index in [0.29, 0.717) is 34.9 Å². The number of hydrogen-bond donors (Lipinski definition) is 1. The van der Waals surface area contributed by atoms with E-state index in [9.17, 15) is 14.7 Å². The van der Waals surface area contributed by atoms with Crippen LogP contribution in [0.4, 0.5) is 0 Å². The monoisotopic (exact) mass is 460 g/mol. The minimum absolute atomic E-state index is 0.0687. The molecule has 0 radical (unpaired) electrons. The van der Waals surface area contributed by atoms with Crippen LogP contribution in [0.5, 0.6) is 0 Å². The van der Waals surface area contributed by atoms with Gasteiger partial charge in [0.2, 0.25) is 0 Å². The molecule has 0 heterocycles. The molecule has 4 fully saturated rings. The van der Waals surface area contributed by atoms with Crippen LogP contribution in [0, 0.1) is 46.3 Å². The molecule has 4 aliphatic rings. The van der Waals surface area contributed by atoms with Crippen LogP contribution in [0.2, 0.25) is 0 Å². The SMILES string of the molecule is CC(=O)O[C@H]1CC[C@@]2(C)[C@H](C1)C(=O)C[C@@H]1[C@@H]2CC[C@]2(C)[C@@H]([C@H](C)CCCC(C)(C)O)CC[C@@H]12. The molecule has 0 aromatic carbocycles. The Kier molecular flexibility index (Phi) is 6.84. The highest BCUT2D eigenvalue weighted by Crippen LogP contribution is 2.68. The summed E-state index contributed by atoms with van der Waals surface area (Å²) in [4.78, 5) is 25.0. The minimum Gasteiger partial charge on any atom is -0.463 e. The Labute approximate surface area is 201 Å². The smallest absolute Gasteiger partial charge is 0.302 e. The van der Waals surface area contributed by atoms with Crippen LogP contribution in [-0.2, 0) is 14.3 Å². The third-order valence-corrected chi connectivity index (χ3v) is 11.0. The number of carbonyl (C=O) groups excluding carboxylic acids is 2. The summed E-state index contributed by atoms with van der Waals surface area (Å²) in [7, 11) is 0. The van der Waals surface area contributed by atoms with Gasteiger partial charge < -0.3 is 9.84 Å². The third-order valence-electron chi connectivity index (χ3n) is 11.0. The van der Waals surface area contributed by atoms with Gasteiger partial charge in [0.15, 0.2) is 0 Å². The van der Waals surface area contributed by atoms with Gasteiger partial charge in [0.1, 0.15) is 11.9 Å². The largest absolute Gasteiger partial charge is 0.463 e. The molecule has 4 aliphatic carbocycles. The molecule has 4 nitrogen and oxygen atoms in total.